The number of piperazine rings is 1. The van der Waals surface area contributed by atoms with Gasteiger partial charge in [-0.05, 0) is 56.9 Å². The Hall–Kier alpha value is -2.53. The van der Waals surface area contributed by atoms with Crippen molar-refractivity contribution in [3.8, 4) is 5.75 Å². The van der Waals surface area contributed by atoms with Gasteiger partial charge in [-0.25, -0.2) is 0 Å². The zero-order valence-electron chi connectivity index (χ0n) is 16.5. The SMILES string of the molecule is CCOc1cccc(C(=O)N2CCN(c3cccc(CN(C)C)c3)CC2)c1. The van der Waals surface area contributed by atoms with Gasteiger partial charge in [0.25, 0.3) is 5.91 Å². The second kappa shape index (κ2) is 8.91. The number of carbonyl (C=O) groups is 1. The molecule has 0 saturated carbocycles. The zero-order chi connectivity index (χ0) is 19.2. The monoisotopic (exact) mass is 367 g/mol. The van der Waals surface area contributed by atoms with E-state index < -0.39 is 0 Å². The molecule has 0 aliphatic carbocycles. The smallest absolute Gasteiger partial charge is 0.254 e. The Morgan fingerprint density at radius 1 is 1.04 bits per heavy atom. The van der Waals surface area contributed by atoms with Gasteiger partial charge in [-0.3, -0.25) is 4.79 Å². The van der Waals surface area contributed by atoms with Crippen LogP contribution in [0.3, 0.4) is 0 Å². The number of amides is 1. The summed E-state index contributed by atoms with van der Waals surface area (Å²) in [6.07, 6.45) is 0. The summed E-state index contributed by atoms with van der Waals surface area (Å²) in [6.45, 7) is 6.64. The standard InChI is InChI=1S/C22H29N3O2/c1-4-27-21-10-6-8-19(16-21)22(26)25-13-11-24(12-14-25)20-9-5-7-18(15-20)17-23(2)3/h5-10,15-16H,4,11-14,17H2,1-3H3. The molecule has 1 aliphatic rings. The fraction of sp³-hybridized carbons (Fsp3) is 0.409. The van der Waals surface area contributed by atoms with E-state index in [1.165, 1.54) is 11.3 Å². The van der Waals surface area contributed by atoms with Crippen molar-refractivity contribution in [1.29, 1.82) is 0 Å². The summed E-state index contributed by atoms with van der Waals surface area (Å²) < 4.78 is 5.52. The molecule has 5 nitrogen and oxygen atoms in total. The number of anilines is 1. The lowest BCUT2D eigenvalue weighted by atomic mass is 10.1. The number of carbonyl (C=O) groups excluding carboxylic acids is 1. The molecule has 1 fully saturated rings. The summed E-state index contributed by atoms with van der Waals surface area (Å²) in [7, 11) is 4.16. The lowest BCUT2D eigenvalue weighted by molar-refractivity contribution is 0.0746. The molecule has 0 unspecified atom stereocenters. The molecule has 2 aromatic carbocycles. The van der Waals surface area contributed by atoms with Crippen molar-refractivity contribution in [2.24, 2.45) is 0 Å². The summed E-state index contributed by atoms with van der Waals surface area (Å²) in [4.78, 5) is 19.3. The summed E-state index contributed by atoms with van der Waals surface area (Å²) >= 11 is 0. The third-order valence-corrected chi connectivity index (χ3v) is 4.73. The minimum absolute atomic E-state index is 0.0811. The maximum absolute atomic E-state index is 12.8. The number of hydrogen-bond donors (Lipinski definition) is 0. The Kier molecular flexibility index (Phi) is 6.35. The summed E-state index contributed by atoms with van der Waals surface area (Å²) in [5.74, 6) is 0.831. The molecule has 1 aliphatic heterocycles. The number of rotatable bonds is 6. The molecular formula is C22H29N3O2. The molecular weight excluding hydrogens is 338 g/mol. The van der Waals surface area contributed by atoms with E-state index in [0.29, 0.717) is 12.2 Å². The number of benzene rings is 2. The predicted octanol–water partition coefficient (Wildman–Crippen LogP) is 3.11. The lowest BCUT2D eigenvalue weighted by Gasteiger charge is -2.36. The van der Waals surface area contributed by atoms with E-state index in [9.17, 15) is 4.79 Å². The van der Waals surface area contributed by atoms with Crippen LogP contribution in [0.5, 0.6) is 5.75 Å². The van der Waals surface area contributed by atoms with Gasteiger partial charge in [0, 0.05) is 44.0 Å². The van der Waals surface area contributed by atoms with Crippen LogP contribution in [0.1, 0.15) is 22.8 Å². The van der Waals surface area contributed by atoms with Crippen LogP contribution in [0.4, 0.5) is 5.69 Å². The first kappa shape index (κ1) is 19.2. The molecule has 0 radical (unpaired) electrons. The maximum Gasteiger partial charge on any atom is 0.254 e. The molecule has 1 saturated heterocycles. The van der Waals surface area contributed by atoms with Gasteiger partial charge in [0.15, 0.2) is 0 Å². The van der Waals surface area contributed by atoms with Gasteiger partial charge >= 0.3 is 0 Å². The van der Waals surface area contributed by atoms with Crippen molar-refractivity contribution in [2.75, 3.05) is 51.8 Å². The van der Waals surface area contributed by atoms with Gasteiger partial charge < -0.3 is 19.4 Å². The Morgan fingerprint density at radius 3 is 2.48 bits per heavy atom. The fourth-order valence-corrected chi connectivity index (χ4v) is 3.45. The van der Waals surface area contributed by atoms with Crippen LogP contribution in [0, 0.1) is 0 Å². The van der Waals surface area contributed by atoms with E-state index in [2.05, 4.69) is 48.2 Å². The molecule has 27 heavy (non-hydrogen) atoms. The first-order valence-electron chi connectivity index (χ1n) is 9.57. The highest BCUT2D eigenvalue weighted by molar-refractivity contribution is 5.94. The van der Waals surface area contributed by atoms with Crippen LogP contribution in [0.15, 0.2) is 48.5 Å². The second-order valence-electron chi connectivity index (χ2n) is 7.15. The van der Waals surface area contributed by atoms with Crippen molar-refractivity contribution in [3.63, 3.8) is 0 Å². The summed E-state index contributed by atoms with van der Waals surface area (Å²) in [5.41, 5.74) is 3.24. The third kappa shape index (κ3) is 5.01. The van der Waals surface area contributed by atoms with E-state index in [1.54, 1.807) is 0 Å². The minimum atomic E-state index is 0.0811. The normalized spacial score (nSPS) is 14.5. The van der Waals surface area contributed by atoms with Gasteiger partial charge in [-0.1, -0.05) is 18.2 Å². The average molecular weight is 367 g/mol. The zero-order valence-corrected chi connectivity index (χ0v) is 16.5. The van der Waals surface area contributed by atoms with Crippen LogP contribution < -0.4 is 9.64 Å². The molecule has 5 heteroatoms. The molecule has 0 aromatic heterocycles. The van der Waals surface area contributed by atoms with Crippen molar-refractivity contribution in [3.05, 3.63) is 59.7 Å². The number of nitrogens with zero attached hydrogens (tertiary/aromatic N) is 3. The molecule has 2 aromatic rings. The van der Waals surface area contributed by atoms with Gasteiger partial charge in [0.1, 0.15) is 5.75 Å². The maximum atomic E-state index is 12.8. The van der Waals surface area contributed by atoms with Gasteiger partial charge in [0.2, 0.25) is 0 Å². The van der Waals surface area contributed by atoms with E-state index in [0.717, 1.165) is 38.5 Å². The highest BCUT2D eigenvalue weighted by Crippen LogP contribution is 2.20. The molecule has 0 spiro atoms. The average Bonchev–Trinajstić information content (AvgIpc) is 2.68. The van der Waals surface area contributed by atoms with Gasteiger partial charge in [-0.15, -0.1) is 0 Å². The highest BCUT2D eigenvalue weighted by Gasteiger charge is 2.22. The quantitative estimate of drug-likeness (QED) is 0.786. The third-order valence-electron chi connectivity index (χ3n) is 4.73. The van der Waals surface area contributed by atoms with Crippen LogP contribution >= 0.6 is 0 Å². The molecule has 3 rings (SSSR count). The van der Waals surface area contributed by atoms with E-state index in [-0.39, 0.29) is 5.91 Å². The van der Waals surface area contributed by atoms with Gasteiger partial charge in [-0.2, -0.15) is 0 Å². The van der Waals surface area contributed by atoms with Gasteiger partial charge in [0.05, 0.1) is 6.61 Å². The summed E-state index contributed by atoms with van der Waals surface area (Å²) in [6, 6.07) is 16.2. The summed E-state index contributed by atoms with van der Waals surface area (Å²) in [5, 5.41) is 0. The Morgan fingerprint density at radius 2 is 1.78 bits per heavy atom. The van der Waals surface area contributed by atoms with E-state index in [4.69, 9.17) is 4.74 Å². The Balaban J connectivity index is 1.62. The van der Waals surface area contributed by atoms with E-state index >= 15 is 0 Å². The first-order valence-corrected chi connectivity index (χ1v) is 9.57. The Labute approximate surface area is 162 Å². The molecule has 1 amide bonds. The lowest BCUT2D eigenvalue weighted by Crippen LogP contribution is -2.48. The van der Waals surface area contributed by atoms with Crippen LogP contribution in [0.2, 0.25) is 0 Å². The van der Waals surface area contributed by atoms with Crippen molar-refractivity contribution < 1.29 is 9.53 Å². The van der Waals surface area contributed by atoms with Crippen LogP contribution in [-0.4, -0.2) is 62.6 Å². The topological polar surface area (TPSA) is 36.0 Å². The fourth-order valence-electron chi connectivity index (χ4n) is 3.45. The largest absolute Gasteiger partial charge is 0.494 e. The van der Waals surface area contributed by atoms with Crippen molar-refractivity contribution >= 4 is 11.6 Å². The predicted molar refractivity (Wildman–Crippen MR) is 110 cm³/mol. The van der Waals surface area contributed by atoms with Crippen molar-refractivity contribution in [2.45, 2.75) is 13.5 Å². The molecule has 144 valence electrons. The second-order valence-corrected chi connectivity index (χ2v) is 7.15. The van der Waals surface area contributed by atoms with Crippen LogP contribution in [0.25, 0.3) is 0 Å². The van der Waals surface area contributed by atoms with Crippen LogP contribution in [-0.2, 0) is 6.54 Å². The molecule has 0 bridgehead atoms. The molecule has 0 N–H and O–H groups in total. The number of ether oxygens (including phenoxy) is 1. The highest BCUT2D eigenvalue weighted by atomic mass is 16.5. The number of hydrogen-bond acceptors (Lipinski definition) is 4. The molecule has 1 heterocycles. The molecule has 0 atom stereocenters. The minimum Gasteiger partial charge on any atom is -0.494 e. The first-order chi connectivity index (χ1) is 13.1. The Bertz CT molecular complexity index is 768. The van der Waals surface area contributed by atoms with E-state index in [1.807, 2.05) is 36.1 Å². The van der Waals surface area contributed by atoms with Crippen molar-refractivity contribution in [1.82, 2.24) is 9.80 Å².